The Balaban J connectivity index is 0.00000374. The number of fused-ring (bicyclic) bond motifs is 3. The van der Waals surface area contributed by atoms with Gasteiger partial charge in [0.25, 0.3) is 11.8 Å². The van der Waals surface area contributed by atoms with Crippen LogP contribution in [0, 0.1) is 0 Å². The van der Waals surface area contributed by atoms with Gasteiger partial charge >= 0.3 is 59.1 Å². The third-order valence-electron chi connectivity index (χ3n) is 11.4. The van der Waals surface area contributed by atoms with Crippen molar-refractivity contribution >= 4 is 93.6 Å². The number of anilines is 1. The molecule has 0 saturated heterocycles. The Labute approximate surface area is 411 Å². The first-order valence-electron chi connectivity index (χ1n) is 19.7. The predicted octanol–water partition coefficient (Wildman–Crippen LogP) is -1.70. The first-order valence-corrected chi connectivity index (χ1v) is 22.6. The van der Waals surface area contributed by atoms with E-state index in [1.54, 1.807) is 6.07 Å². The van der Waals surface area contributed by atoms with Crippen LogP contribution in [0.4, 0.5) is 11.4 Å². The van der Waals surface area contributed by atoms with Crippen molar-refractivity contribution in [3.63, 3.8) is 0 Å². The quantitative estimate of drug-likeness (QED) is 0.0171. The number of aryl methyl sites for hydroxylation is 1. The molecule has 63 heavy (non-hydrogen) atoms. The molecule has 0 radical (unpaired) electrons. The van der Waals surface area contributed by atoms with Gasteiger partial charge in [0.1, 0.15) is 26.8 Å². The van der Waals surface area contributed by atoms with Crippen molar-refractivity contribution in [2.24, 2.45) is 12.0 Å². The molecule has 0 N–H and O–H groups in total. The van der Waals surface area contributed by atoms with E-state index in [1.165, 1.54) is 23.6 Å². The van der Waals surface area contributed by atoms with Crippen LogP contribution < -0.4 is 74.5 Å². The van der Waals surface area contributed by atoms with Crippen molar-refractivity contribution in [1.29, 1.82) is 0 Å². The van der Waals surface area contributed by atoms with Gasteiger partial charge in [-0.25, -0.2) is 16.8 Å². The summed E-state index contributed by atoms with van der Waals surface area (Å²) < 4.78 is 78.3. The first kappa shape index (κ1) is 50.1. The molecule has 0 atom stereocenters. The van der Waals surface area contributed by atoms with Gasteiger partial charge < -0.3 is 28.7 Å². The third kappa shape index (κ3) is 10.0. The summed E-state index contributed by atoms with van der Waals surface area (Å²) in [5.41, 5.74) is 3.36. The van der Waals surface area contributed by atoms with Gasteiger partial charge in [0.05, 0.1) is 33.0 Å². The van der Waals surface area contributed by atoms with E-state index in [4.69, 9.17) is 0 Å². The number of carbonyl (C=O) groups is 2. The largest absolute Gasteiger partial charge is 1.00 e. The average molecular weight is 910 g/mol. The second kappa shape index (κ2) is 19.7. The minimum Gasteiger partial charge on any atom is -0.862 e. The summed E-state index contributed by atoms with van der Waals surface area (Å²) in [4.78, 5) is 29.0. The van der Waals surface area contributed by atoms with Gasteiger partial charge in [0.15, 0.2) is 5.71 Å². The Morgan fingerprint density at radius 1 is 0.857 bits per heavy atom. The van der Waals surface area contributed by atoms with Gasteiger partial charge in [-0.2, -0.15) is 4.58 Å². The Hall–Kier alpha value is -3.94. The van der Waals surface area contributed by atoms with Crippen molar-refractivity contribution in [2.45, 2.75) is 54.7 Å². The average Bonchev–Trinajstić information content (AvgIpc) is 3.75. The fourth-order valence-electron chi connectivity index (χ4n) is 8.58. The smallest absolute Gasteiger partial charge is 0.862 e. The number of nitrogens with zero attached hydrogens (tertiary/aromatic N) is 5. The van der Waals surface area contributed by atoms with Crippen LogP contribution in [0.5, 0.6) is 0 Å². The molecule has 4 aromatic carbocycles. The summed E-state index contributed by atoms with van der Waals surface area (Å²) in [6, 6.07) is 15.4. The van der Waals surface area contributed by atoms with Crippen LogP contribution in [0.2, 0.25) is 0 Å². The van der Waals surface area contributed by atoms with Crippen molar-refractivity contribution < 1.29 is 104 Å². The van der Waals surface area contributed by atoms with Crippen LogP contribution in [0.3, 0.4) is 0 Å². The second-order valence-corrected chi connectivity index (χ2v) is 18.6. The first-order chi connectivity index (χ1) is 28.8. The summed E-state index contributed by atoms with van der Waals surface area (Å²) >= 11 is 0. The van der Waals surface area contributed by atoms with Gasteiger partial charge in [0.2, 0.25) is 5.69 Å². The number of hydrogen-bond donors (Lipinski definition) is 0. The maximum absolute atomic E-state index is 12.5. The Bertz CT molecular complexity index is 3080. The molecule has 18 heteroatoms. The molecule has 2 aliphatic rings. The van der Waals surface area contributed by atoms with Crippen molar-refractivity contribution in [3.8, 4) is 0 Å². The van der Waals surface area contributed by atoms with Gasteiger partial charge in [0, 0.05) is 85.5 Å². The molecule has 2 amide bonds. The van der Waals surface area contributed by atoms with Crippen LogP contribution in [0.25, 0.3) is 38.5 Å². The fourth-order valence-corrected chi connectivity index (χ4v) is 9.90. The molecular weight excluding hydrogens is 865 g/mol. The third-order valence-corrected chi connectivity index (χ3v) is 13.1. The monoisotopic (exact) mass is 909 g/mol. The molecule has 2 aliphatic heterocycles. The Morgan fingerprint density at radius 2 is 1.57 bits per heavy atom. The number of allylic oxidation sites excluding steroid dienone is 4. The minimum atomic E-state index is -5.18. The number of hydrogen-bond acceptors (Lipinski definition) is 11. The number of aliphatic imine (C=N–C) groups is 1. The predicted molar refractivity (Wildman–Crippen MR) is 232 cm³/mol. The Morgan fingerprint density at radius 3 is 2.24 bits per heavy atom. The number of rotatable bonds is 15. The number of imide groups is 1. The number of unbranched alkanes of at least 4 members (excludes halogenated alkanes) is 2. The summed E-state index contributed by atoms with van der Waals surface area (Å²) in [6.07, 6.45) is 14.0. The normalized spacial score (nSPS) is 15.8. The number of aromatic nitrogens is 1. The fraction of sp³-hybridized carbons (Fsp3) is 0.289. The van der Waals surface area contributed by atoms with Gasteiger partial charge in [-0.1, -0.05) is 42.5 Å². The van der Waals surface area contributed by atoms with Gasteiger partial charge in [-0.15, -0.1) is 0 Å². The molecule has 5 aromatic rings. The zero-order valence-electron chi connectivity index (χ0n) is 36.4. The van der Waals surface area contributed by atoms with Gasteiger partial charge in [-0.3, -0.25) is 14.5 Å². The molecule has 1 aromatic heterocycles. The minimum absolute atomic E-state index is 0. The molecule has 0 saturated carbocycles. The summed E-state index contributed by atoms with van der Waals surface area (Å²) in [5.74, 6) is -1.20. The van der Waals surface area contributed by atoms with E-state index in [0.717, 1.165) is 44.0 Å². The van der Waals surface area contributed by atoms with E-state index in [2.05, 4.69) is 49.4 Å². The van der Waals surface area contributed by atoms with Crippen molar-refractivity contribution in [3.05, 3.63) is 102 Å². The standard InChI is InChI=1S/C45H47N5O9S2.2Na/c1-45(2)38(16-9-6-8-15-34-32-14-12-13-29-18-20-36(47(3)4)44(42(29)32)48(34)5)49(25-11-7-10-17-39(51)46-24-26-50-40(52)22-23-41(50)53)35-21-19-31-33(43(35)45)27-30(60(54,55)56)28-37(31)61(57,58)59;;/h6,8-9,12-16,18-23,27-28H,7,10-11,17,24-26H2,1-5H3,(H2-,46,51,54,55,56,57,58,59);;/q;2*+1/p-2. The molecule has 0 aliphatic carbocycles. The van der Waals surface area contributed by atoms with Crippen LogP contribution in [0.15, 0.2) is 106 Å². The maximum atomic E-state index is 12.5. The zero-order chi connectivity index (χ0) is 44.0. The second-order valence-electron chi connectivity index (χ2n) is 15.9. The van der Waals surface area contributed by atoms with E-state index < -0.39 is 47.3 Å². The van der Waals surface area contributed by atoms with Crippen LogP contribution in [-0.4, -0.2) is 97.1 Å². The van der Waals surface area contributed by atoms with Crippen molar-refractivity contribution in [2.75, 3.05) is 38.6 Å². The number of benzene rings is 4. The summed E-state index contributed by atoms with van der Waals surface area (Å²) in [5, 5.41) is 17.2. The molecule has 3 heterocycles. The molecule has 0 fully saturated rings. The number of carbonyl (C=O) groups excluding carboxylic acids is 2. The molecule has 0 unspecified atom stereocenters. The number of amides is 2. The summed E-state index contributed by atoms with van der Waals surface area (Å²) in [7, 11) is -4.24. The van der Waals surface area contributed by atoms with E-state index in [1.807, 2.05) is 65.4 Å². The SMILES string of the molecule is CN(C)c1ccc2cccc3/c(=C/C=C/C=C/C4=[N+](CCCCCC([O-])=NCCN5C(=O)C=CC5=O)c5ccc6c(S(=O)(=O)[O-])cc(S(=O)(=O)[O-])cc6c5C4(C)C)n(C)c1c23.[Na+].[Na+]. The summed E-state index contributed by atoms with van der Waals surface area (Å²) in [6.45, 7) is 4.32. The molecule has 0 bridgehead atoms. The van der Waals surface area contributed by atoms with Gasteiger partial charge in [-0.05, 0) is 80.1 Å². The van der Waals surface area contributed by atoms with Crippen LogP contribution in [0.1, 0.15) is 45.1 Å². The molecule has 14 nitrogen and oxygen atoms in total. The molecule has 7 rings (SSSR count). The van der Waals surface area contributed by atoms with Crippen LogP contribution in [-0.2, 0) is 42.3 Å². The molecule has 0 spiro atoms. The Kier molecular flexibility index (Phi) is 15.6. The van der Waals surface area contributed by atoms with Crippen LogP contribution >= 0.6 is 0 Å². The zero-order valence-corrected chi connectivity index (χ0v) is 42.0. The topological polar surface area (TPSA) is 198 Å². The molecular formula is C45H45N5Na2O9S2. The van der Waals surface area contributed by atoms with E-state index in [9.17, 15) is 40.6 Å². The van der Waals surface area contributed by atoms with Crippen molar-refractivity contribution in [1.82, 2.24) is 9.47 Å². The van der Waals surface area contributed by atoms with E-state index in [-0.39, 0.29) is 95.3 Å². The molecule has 318 valence electrons. The maximum Gasteiger partial charge on any atom is 1.00 e. The van der Waals surface area contributed by atoms with E-state index >= 15 is 0 Å². The van der Waals surface area contributed by atoms with E-state index in [0.29, 0.717) is 43.1 Å².